The minimum Gasteiger partial charge on any atom is -0.356 e. The molecule has 0 saturated heterocycles. The molecule has 2 heterocycles. The molecule has 5 aromatic rings. The standard InChI is InChI=1S/C26H22N6O/c1-32(2)26(33)19-10-13-23-24(16-19)30-25(29-23)18-5-3-6-21(15-18)28-20-11-8-17(9-12-20)22-7-4-14-27-31-22/h3-16,28H,1-2H3,(H,29,30). The molecule has 2 N–H and O–H groups in total. The summed E-state index contributed by atoms with van der Waals surface area (Å²) < 4.78 is 0. The summed E-state index contributed by atoms with van der Waals surface area (Å²) in [7, 11) is 3.49. The number of rotatable bonds is 5. The van der Waals surface area contributed by atoms with Gasteiger partial charge in [-0.2, -0.15) is 10.2 Å². The molecule has 0 saturated carbocycles. The van der Waals surface area contributed by atoms with Crippen molar-refractivity contribution in [3.63, 3.8) is 0 Å². The lowest BCUT2D eigenvalue weighted by Gasteiger charge is -2.09. The first kappa shape index (κ1) is 20.4. The van der Waals surface area contributed by atoms with E-state index in [-0.39, 0.29) is 5.91 Å². The van der Waals surface area contributed by atoms with Gasteiger partial charge in [0.05, 0.1) is 16.7 Å². The predicted octanol–water partition coefficient (Wildman–Crippen LogP) is 5.13. The van der Waals surface area contributed by atoms with E-state index in [9.17, 15) is 4.79 Å². The fourth-order valence-corrected chi connectivity index (χ4v) is 3.63. The number of aromatic nitrogens is 4. The number of imidazole rings is 1. The van der Waals surface area contributed by atoms with Gasteiger partial charge in [-0.25, -0.2) is 4.98 Å². The number of amides is 1. The van der Waals surface area contributed by atoms with Gasteiger partial charge in [0.25, 0.3) is 5.91 Å². The van der Waals surface area contributed by atoms with Crippen LogP contribution in [0.4, 0.5) is 11.4 Å². The van der Waals surface area contributed by atoms with Crippen molar-refractivity contribution < 1.29 is 4.79 Å². The number of anilines is 2. The van der Waals surface area contributed by atoms with Crippen LogP contribution in [-0.2, 0) is 0 Å². The molecule has 0 aliphatic heterocycles. The second-order valence-electron chi connectivity index (χ2n) is 7.91. The van der Waals surface area contributed by atoms with Gasteiger partial charge in [0.15, 0.2) is 0 Å². The van der Waals surface area contributed by atoms with Crippen molar-refractivity contribution in [2.45, 2.75) is 0 Å². The highest BCUT2D eigenvalue weighted by Crippen LogP contribution is 2.26. The van der Waals surface area contributed by atoms with E-state index in [2.05, 4.69) is 20.5 Å². The number of hydrogen-bond donors (Lipinski definition) is 2. The van der Waals surface area contributed by atoms with Crippen LogP contribution < -0.4 is 5.32 Å². The predicted molar refractivity (Wildman–Crippen MR) is 130 cm³/mol. The Morgan fingerprint density at radius 2 is 1.73 bits per heavy atom. The molecule has 0 atom stereocenters. The Hall–Kier alpha value is -4.52. The SMILES string of the molecule is CN(C)C(=O)c1ccc2nc(-c3cccc(Nc4ccc(-c5cccnn5)cc4)c3)[nH]c2c1. The van der Waals surface area contributed by atoms with Crippen LogP contribution in [0.3, 0.4) is 0 Å². The number of carbonyl (C=O) groups is 1. The molecule has 7 nitrogen and oxygen atoms in total. The van der Waals surface area contributed by atoms with Crippen molar-refractivity contribution in [3.8, 4) is 22.6 Å². The zero-order valence-corrected chi connectivity index (χ0v) is 18.3. The zero-order valence-electron chi connectivity index (χ0n) is 18.3. The maximum Gasteiger partial charge on any atom is 0.253 e. The third-order valence-corrected chi connectivity index (χ3v) is 5.31. The maximum atomic E-state index is 12.3. The number of hydrogen-bond acceptors (Lipinski definition) is 5. The fourth-order valence-electron chi connectivity index (χ4n) is 3.63. The fraction of sp³-hybridized carbons (Fsp3) is 0.0769. The average molecular weight is 435 g/mol. The molecule has 3 aromatic carbocycles. The van der Waals surface area contributed by atoms with Crippen LogP contribution in [0.2, 0.25) is 0 Å². The lowest BCUT2D eigenvalue weighted by molar-refractivity contribution is 0.0827. The third kappa shape index (κ3) is 4.29. The van der Waals surface area contributed by atoms with Crippen LogP contribution in [0.15, 0.2) is 85.1 Å². The monoisotopic (exact) mass is 434 g/mol. The molecule has 0 unspecified atom stereocenters. The number of H-pyrrole nitrogens is 1. The maximum absolute atomic E-state index is 12.3. The van der Waals surface area contributed by atoms with Crippen molar-refractivity contribution in [1.29, 1.82) is 0 Å². The number of benzene rings is 3. The van der Waals surface area contributed by atoms with Gasteiger partial charge in [-0.3, -0.25) is 4.79 Å². The summed E-state index contributed by atoms with van der Waals surface area (Å²) in [5.74, 6) is 0.714. The summed E-state index contributed by atoms with van der Waals surface area (Å²) in [4.78, 5) is 21.9. The number of carbonyl (C=O) groups excluding carboxylic acids is 1. The van der Waals surface area contributed by atoms with Crippen molar-refractivity contribution in [2.24, 2.45) is 0 Å². The van der Waals surface area contributed by atoms with Crippen molar-refractivity contribution in [3.05, 3.63) is 90.6 Å². The Morgan fingerprint density at radius 3 is 2.48 bits per heavy atom. The third-order valence-electron chi connectivity index (χ3n) is 5.31. The molecule has 7 heteroatoms. The van der Waals surface area contributed by atoms with Gasteiger partial charge in [0.2, 0.25) is 0 Å². The molecule has 1 amide bonds. The second-order valence-corrected chi connectivity index (χ2v) is 7.91. The van der Waals surface area contributed by atoms with Gasteiger partial charge in [-0.15, -0.1) is 0 Å². The molecule has 2 aromatic heterocycles. The molecule has 0 spiro atoms. The van der Waals surface area contributed by atoms with Crippen LogP contribution in [0, 0.1) is 0 Å². The molecule has 0 radical (unpaired) electrons. The number of fused-ring (bicyclic) bond motifs is 1. The van der Waals surface area contributed by atoms with Gasteiger partial charge >= 0.3 is 0 Å². The van der Waals surface area contributed by atoms with E-state index in [1.165, 1.54) is 0 Å². The van der Waals surface area contributed by atoms with Gasteiger partial charge in [0, 0.05) is 48.4 Å². The lowest BCUT2D eigenvalue weighted by atomic mass is 10.1. The molecule has 0 aliphatic rings. The Labute approximate surface area is 191 Å². The highest BCUT2D eigenvalue weighted by atomic mass is 16.2. The highest BCUT2D eigenvalue weighted by Gasteiger charge is 2.12. The van der Waals surface area contributed by atoms with Crippen LogP contribution in [0.5, 0.6) is 0 Å². The smallest absolute Gasteiger partial charge is 0.253 e. The summed E-state index contributed by atoms with van der Waals surface area (Å²) in [5, 5.41) is 11.5. The largest absolute Gasteiger partial charge is 0.356 e. The minimum atomic E-state index is -0.0374. The first-order valence-corrected chi connectivity index (χ1v) is 10.5. The molecular formula is C26H22N6O. The van der Waals surface area contributed by atoms with Gasteiger partial charge in [0.1, 0.15) is 5.82 Å². The van der Waals surface area contributed by atoms with Gasteiger partial charge in [-0.1, -0.05) is 24.3 Å². The van der Waals surface area contributed by atoms with E-state index < -0.39 is 0 Å². The molecule has 162 valence electrons. The molecule has 0 fully saturated rings. The number of aromatic amines is 1. The second kappa shape index (κ2) is 8.55. The Bertz CT molecular complexity index is 1420. The number of nitrogens with zero attached hydrogens (tertiary/aromatic N) is 4. The first-order chi connectivity index (χ1) is 16.1. The van der Waals surface area contributed by atoms with Crippen molar-refractivity contribution >= 4 is 28.3 Å². The summed E-state index contributed by atoms with van der Waals surface area (Å²) >= 11 is 0. The van der Waals surface area contributed by atoms with E-state index in [1.54, 1.807) is 31.3 Å². The van der Waals surface area contributed by atoms with Crippen LogP contribution >= 0.6 is 0 Å². The van der Waals surface area contributed by atoms with E-state index >= 15 is 0 Å². The summed E-state index contributed by atoms with van der Waals surface area (Å²) in [6.45, 7) is 0. The van der Waals surface area contributed by atoms with Crippen LogP contribution in [-0.4, -0.2) is 45.1 Å². The Balaban J connectivity index is 1.38. The molecule has 0 aliphatic carbocycles. The number of nitrogens with one attached hydrogen (secondary N) is 2. The van der Waals surface area contributed by atoms with Gasteiger partial charge in [-0.05, 0) is 54.6 Å². The van der Waals surface area contributed by atoms with Crippen LogP contribution in [0.1, 0.15) is 10.4 Å². The van der Waals surface area contributed by atoms with Gasteiger partial charge < -0.3 is 15.2 Å². The molecule has 33 heavy (non-hydrogen) atoms. The molecule has 0 bridgehead atoms. The summed E-state index contributed by atoms with van der Waals surface area (Å²) in [5.41, 5.74) is 6.99. The summed E-state index contributed by atoms with van der Waals surface area (Å²) in [6, 6.07) is 25.4. The minimum absolute atomic E-state index is 0.0374. The quantitative estimate of drug-likeness (QED) is 0.400. The topological polar surface area (TPSA) is 86.8 Å². The van der Waals surface area contributed by atoms with Crippen LogP contribution in [0.25, 0.3) is 33.7 Å². The van der Waals surface area contributed by atoms with E-state index in [1.807, 2.05) is 72.8 Å². The Morgan fingerprint density at radius 1 is 0.879 bits per heavy atom. The van der Waals surface area contributed by atoms with Crippen molar-refractivity contribution in [1.82, 2.24) is 25.1 Å². The summed E-state index contributed by atoms with van der Waals surface area (Å²) in [6.07, 6.45) is 1.66. The lowest BCUT2D eigenvalue weighted by Crippen LogP contribution is -2.21. The first-order valence-electron chi connectivity index (χ1n) is 10.5. The molecule has 5 rings (SSSR count). The normalized spacial score (nSPS) is 10.8. The Kier molecular flexibility index (Phi) is 5.28. The average Bonchev–Trinajstić information content (AvgIpc) is 3.28. The zero-order chi connectivity index (χ0) is 22.8. The molecular weight excluding hydrogens is 412 g/mol. The van der Waals surface area contributed by atoms with E-state index in [4.69, 9.17) is 4.98 Å². The van der Waals surface area contributed by atoms with Crippen molar-refractivity contribution in [2.75, 3.05) is 19.4 Å². The van der Waals surface area contributed by atoms with E-state index in [0.29, 0.717) is 5.56 Å². The van der Waals surface area contributed by atoms with E-state index in [0.717, 1.165) is 45.1 Å². The highest BCUT2D eigenvalue weighted by molar-refractivity contribution is 5.97.